The quantitative estimate of drug-likeness (QED) is 0.636. The number of rotatable bonds is 3. The highest BCUT2D eigenvalue weighted by atomic mass is 127. The lowest BCUT2D eigenvalue weighted by molar-refractivity contribution is 0.0997. The van der Waals surface area contributed by atoms with Gasteiger partial charge in [0.1, 0.15) is 5.75 Å². The summed E-state index contributed by atoms with van der Waals surface area (Å²) >= 11 is 2.09. The van der Waals surface area contributed by atoms with Crippen LogP contribution in [0.4, 0.5) is 0 Å². The maximum absolute atomic E-state index is 11.3. The lowest BCUT2D eigenvalue weighted by atomic mass is 10.1. The molecule has 0 N–H and O–H groups in total. The molecule has 0 bridgehead atoms. The Bertz CT molecular complexity index is 396. The summed E-state index contributed by atoms with van der Waals surface area (Å²) in [5, 5.41) is 8.37. The smallest absolute Gasteiger partial charge is 0.176 e. The molecule has 3 nitrogen and oxygen atoms in total. The van der Waals surface area contributed by atoms with Gasteiger partial charge in [-0.05, 0) is 40.8 Å². The average Bonchev–Trinajstić information content (AvgIpc) is 2.18. The zero-order valence-electron chi connectivity index (χ0n) is 7.58. The number of hydrogen-bond donors (Lipinski definition) is 0. The predicted octanol–water partition coefficient (Wildman–Crippen LogP) is 2.40. The summed E-state index contributed by atoms with van der Waals surface area (Å²) in [6, 6.07) is 6.95. The maximum atomic E-state index is 11.3. The molecule has 0 aliphatic heterocycles. The molecule has 0 unspecified atom stereocenters. The molecule has 1 rings (SSSR count). The summed E-state index contributed by atoms with van der Waals surface area (Å²) in [4.78, 5) is 11.3. The number of Topliss-reactive ketones (excluding diaryl/α,β-unsaturated/α-hetero) is 1. The molecule has 0 amide bonds. The van der Waals surface area contributed by atoms with Crippen molar-refractivity contribution in [1.82, 2.24) is 0 Å². The van der Waals surface area contributed by atoms with E-state index >= 15 is 0 Å². The van der Waals surface area contributed by atoms with E-state index < -0.39 is 0 Å². The van der Waals surface area contributed by atoms with Gasteiger partial charge in [-0.1, -0.05) is 0 Å². The molecule has 0 heterocycles. The van der Waals surface area contributed by atoms with Gasteiger partial charge in [-0.2, -0.15) is 5.26 Å². The van der Waals surface area contributed by atoms with E-state index in [1.807, 2.05) is 6.07 Å². The van der Waals surface area contributed by atoms with Crippen LogP contribution in [0.3, 0.4) is 0 Å². The first-order chi connectivity index (χ1) is 6.69. The van der Waals surface area contributed by atoms with E-state index in [-0.39, 0.29) is 12.2 Å². The van der Waals surface area contributed by atoms with Crippen molar-refractivity contribution in [2.45, 2.75) is 6.42 Å². The number of benzene rings is 1. The summed E-state index contributed by atoms with van der Waals surface area (Å²) in [6.45, 7) is 0. The highest BCUT2D eigenvalue weighted by Crippen LogP contribution is 2.22. The Morgan fingerprint density at radius 2 is 2.36 bits per heavy atom. The van der Waals surface area contributed by atoms with E-state index in [9.17, 15) is 4.79 Å². The number of nitriles is 1. The van der Waals surface area contributed by atoms with Gasteiger partial charge in [0.15, 0.2) is 5.78 Å². The summed E-state index contributed by atoms with van der Waals surface area (Å²) in [5.41, 5.74) is 0.553. The number of carbonyl (C=O) groups is 1. The highest BCUT2D eigenvalue weighted by molar-refractivity contribution is 14.1. The first-order valence-electron chi connectivity index (χ1n) is 3.92. The maximum Gasteiger partial charge on any atom is 0.176 e. The van der Waals surface area contributed by atoms with Crippen LogP contribution in [0.5, 0.6) is 5.75 Å². The van der Waals surface area contributed by atoms with Gasteiger partial charge in [-0.15, -0.1) is 0 Å². The van der Waals surface area contributed by atoms with Crippen LogP contribution in [-0.2, 0) is 0 Å². The Labute approximate surface area is 95.8 Å². The van der Waals surface area contributed by atoms with Crippen LogP contribution >= 0.6 is 22.6 Å². The third-order valence-electron chi connectivity index (χ3n) is 1.71. The molecule has 0 atom stereocenters. The lowest BCUT2D eigenvalue weighted by Gasteiger charge is -2.04. The minimum absolute atomic E-state index is 0.0809. The molecule has 0 aliphatic rings. The zero-order valence-corrected chi connectivity index (χ0v) is 9.74. The third-order valence-corrected chi connectivity index (χ3v) is 2.56. The number of carbonyl (C=O) groups excluding carboxylic acids is 1. The SMILES string of the molecule is COc1ccc(C(=O)CC#N)cc1I. The van der Waals surface area contributed by atoms with Crippen molar-refractivity contribution >= 4 is 28.4 Å². The topological polar surface area (TPSA) is 50.1 Å². The highest BCUT2D eigenvalue weighted by Gasteiger charge is 2.07. The van der Waals surface area contributed by atoms with E-state index in [2.05, 4.69) is 22.6 Å². The van der Waals surface area contributed by atoms with Crippen LogP contribution in [0.2, 0.25) is 0 Å². The summed E-state index contributed by atoms with van der Waals surface area (Å²) < 4.78 is 5.93. The van der Waals surface area contributed by atoms with Crippen LogP contribution in [0.25, 0.3) is 0 Å². The lowest BCUT2D eigenvalue weighted by Crippen LogP contribution is -1.98. The summed E-state index contributed by atoms with van der Waals surface area (Å²) in [7, 11) is 1.58. The first kappa shape index (κ1) is 11.0. The minimum atomic E-state index is -0.159. The Hall–Kier alpha value is -1.09. The number of nitrogens with zero attached hydrogens (tertiary/aromatic N) is 1. The van der Waals surface area contributed by atoms with Crippen molar-refractivity contribution in [2.75, 3.05) is 7.11 Å². The Balaban J connectivity index is 2.98. The predicted molar refractivity (Wildman–Crippen MR) is 60.3 cm³/mol. The summed E-state index contributed by atoms with van der Waals surface area (Å²) in [6.07, 6.45) is -0.0809. The zero-order chi connectivity index (χ0) is 10.6. The normalized spacial score (nSPS) is 9.21. The van der Waals surface area contributed by atoms with Gasteiger partial charge in [0.25, 0.3) is 0 Å². The van der Waals surface area contributed by atoms with Crippen molar-refractivity contribution < 1.29 is 9.53 Å². The van der Waals surface area contributed by atoms with Crippen LogP contribution < -0.4 is 4.74 Å². The van der Waals surface area contributed by atoms with E-state index in [0.717, 1.165) is 9.32 Å². The Morgan fingerprint density at radius 3 is 2.86 bits per heavy atom. The van der Waals surface area contributed by atoms with Crippen molar-refractivity contribution in [3.63, 3.8) is 0 Å². The third kappa shape index (κ3) is 2.45. The molecule has 0 aliphatic carbocycles. The standard InChI is InChI=1S/C10H8INO2/c1-14-10-3-2-7(6-8(10)11)9(13)4-5-12/h2-3,6H,4H2,1H3. The van der Waals surface area contributed by atoms with Gasteiger partial charge in [0, 0.05) is 5.56 Å². The molecule has 1 aromatic rings. The molecule has 0 aromatic heterocycles. The number of ketones is 1. The van der Waals surface area contributed by atoms with Crippen molar-refractivity contribution in [1.29, 1.82) is 5.26 Å². The van der Waals surface area contributed by atoms with Crippen molar-refractivity contribution in [3.8, 4) is 11.8 Å². The molecule has 14 heavy (non-hydrogen) atoms. The van der Waals surface area contributed by atoms with Gasteiger partial charge in [-0.25, -0.2) is 0 Å². The second-order valence-electron chi connectivity index (χ2n) is 2.61. The monoisotopic (exact) mass is 301 g/mol. The van der Waals surface area contributed by atoms with E-state index in [0.29, 0.717) is 5.56 Å². The number of ether oxygens (including phenoxy) is 1. The average molecular weight is 301 g/mol. The van der Waals surface area contributed by atoms with E-state index in [1.54, 1.807) is 25.3 Å². The van der Waals surface area contributed by atoms with Crippen molar-refractivity contribution in [3.05, 3.63) is 27.3 Å². The van der Waals surface area contributed by atoms with Crippen LogP contribution in [0.15, 0.2) is 18.2 Å². The van der Waals surface area contributed by atoms with Crippen LogP contribution in [0, 0.1) is 14.9 Å². The molecule has 4 heteroatoms. The number of halogens is 1. The van der Waals surface area contributed by atoms with Gasteiger partial charge >= 0.3 is 0 Å². The fourth-order valence-corrected chi connectivity index (χ4v) is 1.75. The fourth-order valence-electron chi connectivity index (χ4n) is 1.01. The minimum Gasteiger partial charge on any atom is -0.496 e. The number of hydrogen-bond acceptors (Lipinski definition) is 3. The molecule has 0 spiro atoms. The number of methoxy groups -OCH3 is 1. The molecular formula is C10H8INO2. The second kappa shape index (κ2) is 4.96. The van der Waals surface area contributed by atoms with Gasteiger partial charge in [0.2, 0.25) is 0 Å². The largest absolute Gasteiger partial charge is 0.496 e. The molecule has 0 fully saturated rings. The van der Waals surface area contributed by atoms with Gasteiger partial charge < -0.3 is 4.74 Å². The molecule has 1 aromatic carbocycles. The van der Waals surface area contributed by atoms with Crippen molar-refractivity contribution in [2.24, 2.45) is 0 Å². The first-order valence-corrected chi connectivity index (χ1v) is 5.00. The van der Waals surface area contributed by atoms with Crippen LogP contribution in [0.1, 0.15) is 16.8 Å². The van der Waals surface area contributed by atoms with Crippen LogP contribution in [-0.4, -0.2) is 12.9 Å². The van der Waals surface area contributed by atoms with Gasteiger partial charge in [0.05, 0.1) is 23.2 Å². The Morgan fingerprint density at radius 1 is 1.64 bits per heavy atom. The molecule has 0 saturated heterocycles. The summed E-state index contributed by atoms with van der Waals surface area (Å²) in [5.74, 6) is 0.576. The fraction of sp³-hybridized carbons (Fsp3) is 0.200. The van der Waals surface area contributed by atoms with E-state index in [1.165, 1.54) is 0 Å². The Kier molecular flexibility index (Phi) is 3.89. The second-order valence-corrected chi connectivity index (χ2v) is 3.77. The molecular weight excluding hydrogens is 293 g/mol. The molecule has 72 valence electrons. The van der Waals surface area contributed by atoms with E-state index in [4.69, 9.17) is 10.00 Å². The molecule has 0 radical (unpaired) electrons. The molecule has 0 saturated carbocycles. The van der Waals surface area contributed by atoms with Gasteiger partial charge in [-0.3, -0.25) is 4.79 Å².